The van der Waals surface area contributed by atoms with Crippen molar-refractivity contribution in [2.24, 2.45) is 0 Å². The number of aromatic nitrogens is 2. The summed E-state index contributed by atoms with van der Waals surface area (Å²) in [7, 11) is 0. The number of nitrogens with zero attached hydrogens (tertiary/aromatic N) is 2. The second kappa shape index (κ2) is 9.49. The molecule has 0 aliphatic carbocycles. The van der Waals surface area contributed by atoms with Gasteiger partial charge in [-0.1, -0.05) is 54.2 Å². The minimum Gasteiger partial charge on any atom is -0.372 e. The maximum atomic E-state index is 12.9. The first kappa shape index (κ1) is 20.6. The van der Waals surface area contributed by atoms with Gasteiger partial charge in [-0.25, -0.2) is 4.98 Å². The molecule has 2 N–H and O–H groups in total. The minimum atomic E-state index is -0.0468. The predicted molar refractivity (Wildman–Crippen MR) is 131 cm³/mol. The van der Waals surface area contributed by atoms with Gasteiger partial charge in [-0.2, -0.15) is 0 Å². The predicted octanol–water partition coefficient (Wildman–Crippen LogP) is 5.39. The number of rotatable bonds is 7. The van der Waals surface area contributed by atoms with Crippen LogP contribution in [0.5, 0.6) is 0 Å². The maximum Gasteiger partial charge on any atom is 0.251 e. The van der Waals surface area contributed by atoms with E-state index in [1.54, 1.807) is 11.8 Å². The summed E-state index contributed by atoms with van der Waals surface area (Å²) in [5, 5.41) is 3.94. The van der Waals surface area contributed by atoms with E-state index in [9.17, 15) is 4.79 Å². The van der Waals surface area contributed by atoms with Crippen molar-refractivity contribution in [2.75, 3.05) is 18.0 Å². The van der Waals surface area contributed by atoms with Crippen LogP contribution in [0.25, 0.3) is 11.0 Å². The lowest BCUT2D eigenvalue weighted by molar-refractivity contribution is 0.0950. The van der Waals surface area contributed by atoms with Gasteiger partial charge in [-0.15, -0.1) is 0 Å². The lowest BCUT2D eigenvalue weighted by Gasteiger charge is -2.17. The minimum absolute atomic E-state index is 0.0468. The van der Waals surface area contributed by atoms with Gasteiger partial charge in [0, 0.05) is 36.6 Å². The Hall–Kier alpha value is -3.25. The summed E-state index contributed by atoms with van der Waals surface area (Å²) in [6.45, 7) is 2.79. The molecule has 0 atom stereocenters. The molecule has 1 aliphatic heterocycles. The van der Waals surface area contributed by atoms with Gasteiger partial charge >= 0.3 is 0 Å². The molecule has 1 saturated heterocycles. The normalized spacial score (nSPS) is 13.6. The number of para-hydroxylation sites is 2. The van der Waals surface area contributed by atoms with Gasteiger partial charge in [0.15, 0.2) is 5.16 Å². The van der Waals surface area contributed by atoms with Crippen LogP contribution in [0.3, 0.4) is 0 Å². The molecule has 0 radical (unpaired) electrons. The lowest BCUT2D eigenvalue weighted by atomic mass is 10.1. The molecule has 0 spiro atoms. The zero-order valence-corrected chi connectivity index (χ0v) is 18.7. The van der Waals surface area contributed by atoms with Crippen LogP contribution >= 0.6 is 11.8 Å². The maximum absolute atomic E-state index is 12.9. The summed E-state index contributed by atoms with van der Waals surface area (Å²) in [5.41, 5.74) is 6.07. The van der Waals surface area contributed by atoms with E-state index in [1.165, 1.54) is 18.5 Å². The number of imidazole rings is 1. The van der Waals surface area contributed by atoms with Gasteiger partial charge in [0.2, 0.25) is 0 Å². The number of aromatic amines is 1. The van der Waals surface area contributed by atoms with Crippen LogP contribution in [0.15, 0.2) is 78.0 Å². The van der Waals surface area contributed by atoms with Gasteiger partial charge in [0.25, 0.3) is 5.91 Å². The second-order valence-electron chi connectivity index (χ2n) is 8.05. The van der Waals surface area contributed by atoms with E-state index in [1.807, 2.05) is 48.5 Å². The molecule has 5 nitrogen and oxygen atoms in total. The number of H-pyrrole nitrogens is 1. The summed E-state index contributed by atoms with van der Waals surface area (Å²) in [4.78, 5) is 23.3. The van der Waals surface area contributed by atoms with Gasteiger partial charge < -0.3 is 15.2 Å². The molecular weight excluding hydrogens is 416 g/mol. The van der Waals surface area contributed by atoms with Crippen molar-refractivity contribution in [3.8, 4) is 0 Å². The van der Waals surface area contributed by atoms with Crippen molar-refractivity contribution >= 4 is 34.4 Å². The molecule has 0 unspecified atom stereocenters. The fourth-order valence-electron chi connectivity index (χ4n) is 4.09. The van der Waals surface area contributed by atoms with Gasteiger partial charge in [0.05, 0.1) is 11.0 Å². The SMILES string of the molecule is O=C(NCc1ccc(N2CCCC2)cc1)c1ccccc1CSc1nc2ccccc2[nH]1. The largest absolute Gasteiger partial charge is 0.372 e. The van der Waals surface area contributed by atoms with Crippen molar-refractivity contribution in [2.45, 2.75) is 30.3 Å². The van der Waals surface area contributed by atoms with E-state index in [0.29, 0.717) is 17.9 Å². The molecule has 162 valence electrons. The summed E-state index contributed by atoms with van der Waals surface area (Å²) in [6, 6.07) is 24.3. The Bertz CT molecular complexity index is 1180. The van der Waals surface area contributed by atoms with E-state index >= 15 is 0 Å². The Balaban J connectivity index is 1.21. The van der Waals surface area contributed by atoms with Crippen LogP contribution in [-0.2, 0) is 12.3 Å². The van der Waals surface area contributed by atoms with E-state index in [0.717, 1.165) is 40.4 Å². The third-order valence-electron chi connectivity index (χ3n) is 5.85. The fourth-order valence-corrected chi connectivity index (χ4v) is 4.98. The molecular formula is C26H26N4OS. The topological polar surface area (TPSA) is 61.0 Å². The van der Waals surface area contributed by atoms with Crippen LogP contribution in [-0.4, -0.2) is 29.0 Å². The molecule has 2 heterocycles. The monoisotopic (exact) mass is 442 g/mol. The van der Waals surface area contributed by atoms with E-state index in [4.69, 9.17) is 0 Å². The van der Waals surface area contributed by atoms with Gasteiger partial charge in [0.1, 0.15) is 0 Å². The number of nitrogens with one attached hydrogen (secondary N) is 2. The first-order valence-corrected chi connectivity index (χ1v) is 12.0. The first-order chi connectivity index (χ1) is 15.8. The number of fused-ring (bicyclic) bond motifs is 1. The molecule has 0 saturated carbocycles. The van der Waals surface area contributed by atoms with Crippen molar-refractivity contribution in [3.05, 3.63) is 89.5 Å². The van der Waals surface area contributed by atoms with E-state index in [2.05, 4.69) is 44.5 Å². The number of hydrogen-bond donors (Lipinski definition) is 2. The average Bonchev–Trinajstić information content (AvgIpc) is 3.52. The highest BCUT2D eigenvalue weighted by Crippen LogP contribution is 2.25. The summed E-state index contributed by atoms with van der Waals surface area (Å²) in [5.74, 6) is 0.628. The highest BCUT2D eigenvalue weighted by Gasteiger charge is 2.14. The second-order valence-corrected chi connectivity index (χ2v) is 9.01. The van der Waals surface area contributed by atoms with Crippen molar-refractivity contribution < 1.29 is 4.79 Å². The smallest absolute Gasteiger partial charge is 0.251 e. The molecule has 5 rings (SSSR count). The number of hydrogen-bond acceptors (Lipinski definition) is 4. The van der Waals surface area contributed by atoms with E-state index in [-0.39, 0.29) is 5.91 Å². The number of thioether (sulfide) groups is 1. The summed E-state index contributed by atoms with van der Waals surface area (Å²) >= 11 is 1.61. The van der Waals surface area contributed by atoms with Crippen molar-refractivity contribution in [1.82, 2.24) is 15.3 Å². The standard InChI is InChI=1S/C26H26N4OS/c31-25(27-17-19-11-13-21(14-12-19)30-15-5-6-16-30)22-8-2-1-7-20(22)18-32-26-28-23-9-3-4-10-24(23)29-26/h1-4,7-14H,5-6,15-18H2,(H,27,31)(H,28,29). The van der Waals surface area contributed by atoms with Crippen molar-refractivity contribution in [1.29, 1.82) is 0 Å². The third kappa shape index (κ3) is 4.65. The molecule has 1 amide bonds. The molecule has 4 aromatic rings. The molecule has 6 heteroatoms. The number of carbonyl (C=O) groups excluding carboxylic acids is 1. The van der Waals surface area contributed by atoms with Crippen molar-refractivity contribution in [3.63, 3.8) is 0 Å². The average molecular weight is 443 g/mol. The Morgan fingerprint density at radius 3 is 2.53 bits per heavy atom. The Morgan fingerprint density at radius 1 is 0.969 bits per heavy atom. The van der Waals surface area contributed by atoms with Crippen LogP contribution in [0.2, 0.25) is 0 Å². The number of carbonyl (C=O) groups is 1. The first-order valence-electron chi connectivity index (χ1n) is 11.0. The Labute approximate surface area is 192 Å². The Morgan fingerprint density at radius 2 is 1.72 bits per heavy atom. The van der Waals surface area contributed by atoms with E-state index < -0.39 is 0 Å². The number of amides is 1. The van der Waals surface area contributed by atoms with Gasteiger partial charge in [-0.3, -0.25) is 4.79 Å². The molecule has 3 aromatic carbocycles. The summed E-state index contributed by atoms with van der Waals surface area (Å²) < 4.78 is 0. The number of benzene rings is 3. The summed E-state index contributed by atoms with van der Waals surface area (Å²) in [6.07, 6.45) is 2.54. The quantitative estimate of drug-likeness (QED) is 0.377. The molecule has 1 aromatic heterocycles. The molecule has 1 fully saturated rings. The molecule has 32 heavy (non-hydrogen) atoms. The van der Waals surface area contributed by atoms with Crippen LogP contribution in [0.1, 0.15) is 34.3 Å². The highest BCUT2D eigenvalue weighted by atomic mass is 32.2. The zero-order valence-electron chi connectivity index (χ0n) is 17.9. The third-order valence-corrected chi connectivity index (χ3v) is 6.78. The number of anilines is 1. The lowest BCUT2D eigenvalue weighted by Crippen LogP contribution is -2.24. The highest BCUT2D eigenvalue weighted by molar-refractivity contribution is 7.98. The van der Waals surface area contributed by atoms with Crippen LogP contribution in [0.4, 0.5) is 5.69 Å². The van der Waals surface area contributed by atoms with Crippen LogP contribution < -0.4 is 10.2 Å². The zero-order chi connectivity index (χ0) is 21.8. The molecule has 0 bridgehead atoms. The fraction of sp³-hybridized carbons (Fsp3) is 0.231. The van der Waals surface area contributed by atoms with Crippen LogP contribution in [0, 0.1) is 0 Å². The van der Waals surface area contributed by atoms with Gasteiger partial charge in [-0.05, 0) is 54.3 Å². The Kier molecular flexibility index (Phi) is 6.12. The molecule has 1 aliphatic rings.